The highest BCUT2D eigenvalue weighted by molar-refractivity contribution is 5.48. The molecule has 1 aromatic rings. The summed E-state index contributed by atoms with van der Waals surface area (Å²) >= 11 is 0. The zero-order valence-corrected chi connectivity index (χ0v) is 8.03. The van der Waals surface area contributed by atoms with Crippen LogP contribution in [0, 0.1) is 5.92 Å². The van der Waals surface area contributed by atoms with Gasteiger partial charge in [-0.3, -0.25) is 0 Å². The van der Waals surface area contributed by atoms with Crippen LogP contribution in [-0.4, -0.2) is 16.5 Å². The van der Waals surface area contributed by atoms with Gasteiger partial charge in [0.1, 0.15) is 11.6 Å². The summed E-state index contributed by atoms with van der Waals surface area (Å²) in [5.74, 6) is 2.14. The lowest BCUT2D eigenvalue weighted by Crippen LogP contribution is -2.21. The molecule has 0 amide bonds. The SMILES string of the molecule is Nc1cc(NCC2CCC2)nc(N)n1. The minimum atomic E-state index is 0.223. The van der Waals surface area contributed by atoms with E-state index in [1.165, 1.54) is 19.3 Å². The summed E-state index contributed by atoms with van der Waals surface area (Å²) in [6.07, 6.45) is 3.96. The molecule has 0 aliphatic heterocycles. The first-order chi connectivity index (χ1) is 6.74. The van der Waals surface area contributed by atoms with Crippen LogP contribution >= 0.6 is 0 Å². The van der Waals surface area contributed by atoms with Crippen LogP contribution in [-0.2, 0) is 0 Å². The number of anilines is 3. The molecule has 2 rings (SSSR count). The molecule has 5 heteroatoms. The van der Waals surface area contributed by atoms with Crippen molar-refractivity contribution >= 4 is 17.6 Å². The normalized spacial score (nSPS) is 16.3. The molecule has 0 bridgehead atoms. The Morgan fingerprint density at radius 1 is 1.36 bits per heavy atom. The highest BCUT2D eigenvalue weighted by atomic mass is 15.1. The van der Waals surface area contributed by atoms with E-state index in [1.54, 1.807) is 6.07 Å². The zero-order chi connectivity index (χ0) is 9.97. The Morgan fingerprint density at radius 3 is 2.71 bits per heavy atom. The molecule has 0 atom stereocenters. The van der Waals surface area contributed by atoms with E-state index in [4.69, 9.17) is 11.5 Å². The van der Waals surface area contributed by atoms with Gasteiger partial charge in [0, 0.05) is 12.6 Å². The van der Waals surface area contributed by atoms with Gasteiger partial charge in [-0.15, -0.1) is 0 Å². The molecule has 0 radical (unpaired) electrons. The van der Waals surface area contributed by atoms with Crippen molar-refractivity contribution in [3.63, 3.8) is 0 Å². The lowest BCUT2D eigenvalue weighted by Gasteiger charge is -2.25. The van der Waals surface area contributed by atoms with Crippen molar-refractivity contribution in [2.45, 2.75) is 19.3 Å². The van der Waals surface area contributed by atoms with Crippen LogP contribution in [0.2, 0.25) is 0 Å². The number of nitrogens with one attached hydrogen (secondary N) is 1. The maximum absolute atomic E-state index is 5.54. The number of hydrogen-bond acceptors (Lipinski definition) is 5. The maximum Gasteiger partial charge on any atom is 0.223 e. The Balaban J connectivity index is 1.94. The molecule has 1 fully saturated rings. The average molecular weight is 193 g/mol. The van der Waals surface area contributed by atoms with E-state index in [-0.39, 0.29) is 5.95 Å². The standard InChI is InChI=1S/C9H15N5/c10-7-4-8(14-9(11)13-7)12-5-6-2-1-3-6/h4,6H,1-3,5H2,(H5,10,11,12,13,14). The number of nitrogen functional groups attached to an aromatic ring is 2. The fourth-order valence-corrected chi connectivity index (χ4v) is 1.52. The van der Waals surface area contributed by atoms with Crippen molar-refractivity contribution in [3.8, 4) is 0 Å². The molecule has 0 unspecified atom stereocenters. The molecule has 1 saturated carbocycles. The second kappa shape index (κ2) is 3.69. The molecule has 0 aromatic carbocycles. The van der Waals surface area contributed by atoms with Crippen molar-refractivity contribution in [1.82, 2.24) is 9.97 Å². The summed E-state index contributed by atoms with van der Waals surface area (Å²) in [4.78, 5) is 7.84. The van der Waals surface area contributed by atoms with Crippen LogP contribution in [0.3, 0.4) is 0 Å². The third-order valence-corrected chi connectivity index (χ3v) is 2.56. The Kier molecular flexibility index (Phi) is 2.39. The van der Waals surface area contributed by atoms with E-state index in [2.05, 4.69) is 15.3 Å². The molecule has 1 heterocycles. The number of aromatic nitrogens is 2. The Bertz CT molecular complexity index is 301. The van der Waals surface area contributed by atoms with Gasteiger partial charge in [-0.05, 0) is 18.8 Å². The molecule has 0 spiro atoms. The molecular weight excluding hydrogens is 178 g/mol. The molecule has 0 saturated heterocycles. The fourth-order valence-electron chi connectivity index (χ4n) is 1.52. The summed E-state index contributed by atoms with van der Waals surface area (Å²) in [6.45, 7) is 0.954. The topological polar surface area (TPSA) is 89.8 Å². The Morgan fingerprint density at radius 2 is 2.14 bits per heavy atom. The first kappa shape index (κ1) is 9.05. The quantitative estimate of drug-likeness (QED) is 0.662. The molecule has 5 nitrogen and oxygen atoms in total. The van der Waals surface area contributed by atoms with Gasteiger partial charge in [0.15, 0.2) is 0 Å². The van der Waals surface area contributed by atoms with E-state index in [0.29, 0.717) is 5.82 Å². The van der Waals surface area contributed by atoms with E-state index < -0.39 is 0 Å². The van der Waals surface area contributed by atoms with Crippen LogP contribution in [0.25, 0.3) is 0 Å². The maximum atomic E-state index is 5.54. The fraction of sp³-hybridized carbons (Fsp3) is 0.556. The minimum absolute atomic E-state index is 0.223. The van der Waals surface area contributed by atoms with E-state index in [1.807, 2.05) is 0 Å². The monoisotopic (exact) mass is 193 g/mol. The van der Waals surface area contributed by atoms with Crippen molar-refractivity contribution in [2.75, 3.05) is 23.3 Å². The van der Waals surface area contributed by atoms with E-state index >= 15 is 0 Å². The van der Waals surface area contributed by atoms with Gasteiger partial charge in [0.2, 0.25) is 5.95 Å². The van der Waals surface area contributed by atoms with Crippen molar-refractivity contribution in [1.29, 1.82) is 0 Å². The van der Waals surface area contributed by atoms with E-state index in [0.717, 1.165) is 18.3 Å². The predicted molar refractivity (Wildman–Crippen MR) is 56.7 cm³/mol. The van der Waals surface area contributed by atoms with Crippen LogP contribution in [0.4, 0.5) is 17.6 Å². The highest BCUT2D eigenvalue weighted by Gasteiger charge is 2.16. The number of rotatable bonds is 3. The van der Waals surface area contributed by atoms with Crippen molar-refractivity contribution in [2.24, 2.45) is 5.92 Å². The van der Waals surface area contributed by atoms with Crippen molar-refractivity contribution < 1.29 is 0 Å². The third kappa shape index (κ3) is 2.04. The molecule has 76 valence electrons. The average Bonchev–Trinajstić information content (AvgIpc) is 1.99. The highest BCUT2D eigenvalue weighted by Crippen LogP contribution is 2.26. The lowest BCUT2D eigenvalue weighted by atomic mass is 9.85. The molecule has 14 heavy (non-hydrogen) atoms. The first-order valence-electron chi connectivity index (χ1n) is 4.88. The van der Waals surface area contributed by atoms with Gasteiger partial charge in [0.05, 0.1) is 0 Å². The van der Waals surface area contributed by atoms with Crippen LogP contribution in [0.15, 0.2) is 6.07 Å². The van der Waals surface area contributed by atoms with Gasteiger partial charge in [-0.2, -0.15) is 9.97 Å². The second-order valence-corrected chi connectivity index (χ2v) is 3.71. The van der Waals surface area contributed by atoms with Gasteiger partial charge >= 0.3 is 0 Å². The Hall–Kier alpha value is -1.52. The zero-order valence-electron chi connectivity index (χ0n) is 8.03. The minimum Gasteiger partial charge on any atom is -0.383 e. The van der Waals surface area contributed by atoms with Crippen LogP contribution in [0.5, 0.6) is 0 Å². The largest absolute Gasteiger partial charge is 0.383 e. The lowest BCUT2D eigenvalue weighted by molar-refractivity contribution is 0.333. The summed E-state index contributed by atoms with van der Waals surface area (Å²) in [5.41, 5.74) is 11.0. The molecule has 1 aliphatic carbocycles. The second-order valence-electron chi connectivity index (χ2n) is 3.71. The summed E-state index contributed by atoms with van der Waals surface area (Å²) in [6, 6.07) is 1.70. The molecule has 5 N–H and O–H groups in total. The van der Waals surface area contributed by atoms with Crippen LogP contribution < -0.4 is 16.8 Å². The van der Waals surface area contributed by atoms with Gasteiger partial charge in [-0.1, -0.05) is 6.42 Å². The number of nitrogens with zero attached hydrogens (tertiary/aromatic N) is 2. The summed E-state index contributed by atoms with van der Waals surface area (Å²) in [7, 11) is 0. The van der Waals surface area contributed by atoms with Gasteiger partial charge in [-0.25, -0.2) is 0 Å². The molecule has 1 aromatic heterocycles. The third-order valence-electron chi connectivity index (χ3n) is 2.56. The summed E-state index contributed by atoms with van der Waals surface area (Å²) in [5, 5.41) is 3.22. The molecular formula is C9H15N5. The Labute approximate surface area is 82.9 Å². The van der Waals surface area contributed by atoms with Gasteiger partial charge in [0.25, 0.3) is 0 Å². The number of hydrogen-bond donors (Lipinski definition) is 3. The predicted octanol–water partition coefficient (Wildman–Crippen LogP) is 0.853. The smallest absolute Gasteiger partial charge is 0.223 e. The van der Waals surface area contributed by atoms with E-state index in [9.17, 15) is 0 Å². The van der Waals surface area contributed by atoms with Crippen LogP contribution in [0.1, 0.15) is 19.3 Å². The number of nitrogens with two attached hydrogens (primary N) is 2. The summed E-state index contributed by atoms with van der Waals surface area (Å²) < 4.78 is 0. The van der Waals surface area contributed by atoms with Gasteiger partial charge < -0.3 is 16.8 Å². The molecule has 1 aliphatic rings. The van der Waals surface area contributed by atoms with Crippen molar-refractivity contribution in [3.05, 3.63) is 6.07 Å². The first-order valence-corrected chi connectivity index (χ1v) is 4.88.